The van der Waals surface area contributed by atoms with E-state index in [-0.39, 0.29) is 5.56 Å². The van der Waals surface area contributed by atoms with Crippen LogP contribution in [0.15, 0.2) is 18.2 Å². The lowest BCUT2D eigenvalue weighted by molar-refractivity contribution is -0.268. The zero-order valence-electron chi connectivity index (χ0n) is 10.9. The zero-order chi connectivity index (χ0) is 15.2. The number of alkyl halides is 3. The van der Waals surface area contributed by atoms with Crippen LogP contribution in [0.5, 0.6) is 5.75 Å². The SMILES string of the molecule is Nc1nnc(-c2ccc(C(F)(F)F)cc2[O-])c2c1CCC2. The average Bonchev–Trinajstić information content (AvgIpc) is 2.89. The first-order valence-electron chi connectivity index (χ1n) is 6.40. The third kappa shape index (κ3) is 2.28. The molecule has 4 nitrogen and oxygen atoms in total. The van der Waals surface area contributed by atoms with Gasteiger partial charge in [0.2, 0.25) is 0 Å². The van der Waals surface area contributed by atoms with Crippen LogP contribution < -0.4 is 10.8 Å². The Bertz CT molecular complexity index is 713. The molecule has 2 aromatic rings. The third-order valence-corrected chi connectivity index (χ3v) is 3.63. The molecule has 0 saturated carbocycles. The van der Waals surface area contributed by atoms with Gasteiger partial charge in [-0.2, -0.15) is 13.2 Å². The Morgan fingerprint density at radius 2 is 1.81 bits per heavy atom. The lowest BCUT2D eigenvalue weighted by atomic mass is 10.0. The molecule has 1 aromatic heterocycles. The van der Waals surface area contributed by atoms with Crippen molar-refractivity contribution in [1.82, 2.24) is 10.2 Å². The number of nitrogens with two attached hydrogens (primary N) is 1. The van der Waals surface area contributed by atoms with Crippen molar-refractivity contribution in [3.8, 4) is 17.0 Å². The summed E-state index contributed by atoms with van der Waals surface area (Å²) >= 11 is 0. The summed E-state index contributed by atoms with van der Waals surface area (Å²) in [5.41, 5.74) is 6.92. The molecule has 0 amide bonds. The van der Waals surface area contributed by atoms with Crippen LogP contribution in [0.2, 0.25) is 0 Å². The van der Waals surface area contributed by atoms with Crippen molar-refractivity contribution in [3.63, 3.8) is 0 Å². The van der Waals surface area contributed by atoms with Crippen LogP contribution in [0.1, 0.15) is 23.1 Å². The molecule has 0 atom stereocenters. The van der Waals surface area contributed by atoms with Crippen LogP contribution in [0, 0.1) is 0 Å². The highest BCUT2D eigenvalue weighted by Gasteiger charge is 2.30. The van der Waals surface area contributed by atoms with E-state index >= 15 is 0 Å². The van der Waals surface area contributed by atoms with E-state index in [1.807, 2.05) is 0 Å². The minimum Gasteiger partial charge on any atom is -0.872 e. The second kappa shape index (κ2) is 4.61. The summed E-state index contributed by atoms with van der Waals surface area (Å²) < 4.78 is 37.8. The maximum atomic E-state index is 12.6. The van der Waals surface area contributed by atoms with Gasteiger partial charge in [-0.1, -0.05) is 17.9 Å². The van der Waals surface area contributed by atoms with Gasteiger partial charge in [-0.05, 0) is 36.5 Å². The molecule has 1 aromatic carbocycles. The van der Waals surface area contributed by atoms with Crippen molar-refractivity contribution in [2.24, 2.45) is 0 Å². The Labute approximate surface area is 118 Å². The quantitative estimate of drug-likeness (QED) is 0.875. The van der Waals surface area contributed by atoms with E-state index in [0.29, 0.717) is 24.0 Å². The summed E-state index contributed by atoms with van der Waals surface area (Å²) in [5.74, 6) is -0.386. The number of hydrogen-bond acceptors (Lipinski definition) is 4. The summed E-state index contributed by atoms with van der Waals surface area (Å²) in [4.78, 5) is 0. The average molecular weight is 294 g/mol. The van der Waals surface area contributed by atoms with E-state index in [2.05, 4.69) is 10.2 Å². The van der Waals surface area contributed by atoms with Gasteiger partial charge in [0.15, 0.2) is 0 Å². The Kier molecular flexibility index (Phi) is 3.00. The molecule has 0 unspecified atom stereocenters. The molecule has 0 spiro atoms. The highest BCUT2D eigenvalue weighted by Crippen LogP contribution is 2.38. The van der Waals surface area contributed by atoms with Gasteiger partial charge < -0.3 is 10.8 Å². The predicted molar refractivity (Wildman–Crippen MR) is 68.4 cm³/mol. The Hall–Kier alpha value is -2.31. The van der Waals surface area contributed by atoms with Gasteiger partial charge in [-0.15, -0.1) is 10.2 Å². The number of benzene rings is 1. The van der Waals surface area contributed by atoms with Gasteiger partial charge in [-0.3, -0.25) is 0 Å². The molecule has 7 heteroatoms. The van der Waals surface area contributed by atoms with Gasteiger partial charge in [0.25, 0.3) is 0 Å². The number of halogens is 3. The van der Waals surface area contributed by atoms with E-state index < -0.39 is 17.5 Å². The molecular weight excluding hydrogens is 283 g/mol. The largest absolute Gasteiger partial charge is 0.872 e. The smallest absolute Gasteiger partial charge is 0.416 e. The second-order valence-electron chi connectivity index (χ2n) is 4.95. The number of anilines is 1. The van der Waals surface area contributed by atoms with Crippen molar-refractivity contribution in [1.29, 1.82) is 0 Å². The number of nitrogens with zero attached hydrogens (tertiary/aromatic N) is 2. The van der Waals surface area contributed by atoms with Gasteiger partial charge in [0, 0.05) is 5.56 Å². The standard InChI is InChI=1S/C14H12F3N3O/c15-14(16,17)7-4-5-10(11(21)6-7)12-8-2-1-3-9(8)13(18)20-19-12/h4-6,21H,1-3H2,(H2,18,20)/p-1. The van der Waals surface area contributed by atoms with Crippen molar-refractivity contribution < 1.29 is 18.3 Å². The fraction of sp³-hybridized carbons (Fsp3) is 0.286. The molecule has 21 heavy (non-hydrogen) atoms. The molecule has 0 fully saturated rings. The van der Waals surface area contributed by atoms with Crippen LogP contribution >= 0.6 is 0 Å². The molecule has 110 valence electrons. The molecule has 3 rings (SSSR count). The topological polar surface area (TPSA) is 74.9 Å². The van der Waals surface area contributed by atoms with Crippen LogP contribution in [0.3, 0.4) is 0 Å². The van der Waals surface area contributed by atoms with Gasteiger partial charge >= 0.3 is 6.18 Å². The number of aromatic nitrogens is 2. The van der Waals surface area contributed by atoms with Crippen molar-refractivity contribution in [2.75, 3.05) is 5.73 Å². The van der Waals surface area contributed by atoms with Gasteiger partial charge in [-0.25, -0.2) is 0 Å². The first kappa shape index (κ1) is 13.7. The van der Waals surface area contributed by atoms with Crippen molar-refractivity contribution in [2.45, 2.75) is 25.4 Å². The molecule has 0 radical (unpaired) electrons. The first-order chi connectivity index (χ1) is 9.88. The minimum absolute atomic E-state index is 0.133. The third-order valence-electron chi connectivity index (χ3n) is 3.63. The van der Waals surface area contributed by atoms with Crippen molar-refractivity contribution in [3.05, 3.63) is 34.9 Å². The van der Waals surface area contributed by atoms with Gasteiger partial charge in [0.1, 0.15) is 5.82 Å². The van der Waals surface area contributed by atoms with Gasteiger partial charge in [0.05, 0.1) is 11.3 Å². The summed E-state index contributed by atoms with van der Waals surface area (Å²) in [5, 5.41) is 19.7. The highest BCUT2D eigenvalue weighted by molar-refractivity contribution is 5.72. The van der Waals surface area contributed by atoms with E-state index in [1.165, 1.54) is 0 Å². The molecule has 1 aliphatic carbocycles. The van der Waals surface area contributed by atoms with Crippen LogP contribution in [-0.4, -0.2) is 10.2 Å². The number of nitrogen functional groups attached to an aromatic ring is 1. The molecule has 2 N–H and O–H groups in total. The number of hydrogen-bond donors (Lipinski definition) is 1. The normalized spacial score (nSPS) is 14.2. The second-order valence-corrected chi connectivity index (χ2v) is 4.95. The van der Waals surface area contributed by atoms with E-state index in [9.17, 15) is 18.3 Å². The summed E-state index contributed by atoms with van der Waals surface area (Å²) in [6.45, 7) is 0. The van der Waals surface area contributed by atoms with E-state index in [0.717, 1.165) is 36.1 Å². The lowest BCUT2D eigenvalue weighted by Crippen LogP contribution is -2.08. The van der Waals surface area contributed by atoms with E-state index in [1.54, 1.807) is 0 Å². The fourth-order valence-electron chi connectivity index (χ4n) is 2.62. The molecule has 0 aliphatic heterocycles. The predicted octanol–water partition coefficient (Wildman–Crippen LogP) is 2.31. The summed E-state index contributed by atoms with van der Waals surface area (Å²) in [6, 6.07) is 2.63. The van der Waals surface area contributed by atoms with Crippen LogP contribution in [-0.2, 0) is 19.0 Å². The number of rotatable bonds is 1. The Balaban J connectivity index is 2.13. The fourth-order valence-corrected chi connectivity index (χ4v) is 2.62. The van der Waals surface area contributed by atoms with Crippen LogP contribution in [0.4, 0.5) is 19.0 Å². The molecule has 0 bridgehead atoms. The Morgan fingerprint density at radius 3 is 2.48 bits per heavy atom. The van der Waals surface area contributed by atoms with Crippen molar-refractivity contribution >= 4 is 5.82 Å². The molecule has 1 heterocycles. The Morgan fingerprint density at radius 1 is 1.10 bits per heavy atom. The molecule has 1 aliphatic rings. The minimum atomic E-state index is -4.54. The summed E-state index contributed by atoms with van der Waals surface area (Å²) in [7, 11) is 0. The highest BCUT2D eigenvalue weighted by atomic mass is 19.4. The maximum absolute atomic E-state index is 12.6. The van der Waals surface area contributed by atoms with E-state index in [4.69, 9.17) is 5.73 Å². The number of fused-ring (bicyclic) bond motifs is 1. The molecule has 0 saturated heterocycles. The zero-order valence-corrected chi connectivity index (χ0v) is 10.9. The first-order valence-corrected chi connectivity index (χ1v) is 6.40. The monoisotopic (exact) mass is 294 g/mol. The van der Waals surface area contributed by atoms with Crippen LogP contribution in [0.25, 0.3) is 11.3 Å². The maximum Gasteiger partial charge on any atom is 0.416 e. The molecular formula is C14H11F3N3O-. The lowest BCUT2D eigenvalue weighted by Gasteiger charge is -2.18. The summed E-state index contributed by atoms with van der Waals surface area (Å²) in [6.07, 6.45) is -2.22.